The summed E-state index contributed by atoms with van der Waals surface area (Å²) < 4.78 is 12.3. The van der Waals surface area contributed by atoms with Gasteiger partial charge in [-0.05, 0) is 42.5 Å². The summed E-state index contributed by atoms with van der Waals surface area (Å²) in [5.74, 6) is 0.705. The van der Waals surface area contributed by atoms with E-state index in [4.69, 9.17) is 9.26 Å². The zero-order chi connectivity index (χ0) is 18.9. The predicted molar refractivity (Wildman–Crippen MR) is 102 cm³/mol. The van der Waals surface area contributed by atoms with Gasteiger partial charge >= 0.3 is 5.97 Å². The van der Waals surface area contributed by atoms with Crippen LogP contribution >= 0.6 is 11.3 Å². The predicted octanol–water partition coefficient (Wildman–Crippen LogP) is 4.22. The van der Waals surface area contributed by atoms with Gasteiger partial charge in [-0.1, -0.05) is 29.4 Å². The van der Waals surface area contributed by atoms with Crippen molar-refractivity contribution in [2.75, 3.05) is 0 Å². The Balaban J connectivity index is 1.35. The number of rotatable bonds is 6. The number of aromatic nitrogens is 4. The smallest absolute Gasteiger partial charge is 0.357 e. The van der Waals surface area contributed by atoms with Gasteiger partial charge in [0.15, 0.2) is 12.3 Å². The van der Waals surface area contributed by atoms with Gasteiger partial charge in [0.25, 0.3) is 5.89 Å². The highest BCUT2D eigenvalue weighted by Crippen LogP contribution is 2.39. The fraction of sp³-hybridized carbons (Fsp3) is 0.200. The summed E-state index contributed by atoms with van der Waals surface area (Å²) in [6.45, 7) is -0.0874. The van der Waals surface area contributed by atoms with Crippen LogP contribution in [0, 0.1) is 0 Å². The summed E-state index contributed by atoms with van der Waals surface area (Å²) in [6.07, 6.45) is 2.21. The summed E-state index contributed by atoms with van der Waals surface area (Å²) in [7, 11) is 0. The van der Waals surface area contributed by atoms with Gasteiger partial charge in [0.1, 0.15) is 0 Å². The minimum Gasteiger partial charge on any atom is -0.451 e. The van der Waals surface area contributed by atoms with Crippen LogP contribution in [0.5, 0.6) is 0 Å². The first-order chi connectivity index (χ1) is 13.8. The number of benzene rings is 1. The van der Waals surface area contributed by atoms with Crippen LogP contribution in [-0.4, -0.2) is 25.9 Å². The van der Waals surface area contributed by atoms with Gasteiger partial charge in [-0.2, -0.15) is 10.1 Å². The molecule has 28 heavy (non-hydrogen) atoms. The number of thiophene rings is 1. The number of hydrogen-bond donors (Lipinski definition) is 0. The Hall–Kier alpha value is -3.26. The zero-order valence-corrected chi connectivity index (χ0v) is 15.6. The average molecular weight is 392 g/mol. The van der Waals surface area contributed by atoms with Crippen molar-refractivity contribution in [3.8, 4) is 16.4 Å². The second kappa shape index (κ2) is 7.05. The Morgan fingerprint density at radius 3 is 2.82 bits per heavy atom. The van der Waals surface area contributed by atoms with Crippen LogP contribution in [0.1, 0.15) is 40.8 Å². The number of nitrogens with zero attached hydrogens (tertiary/aromatic N) is 4. The molecule has 0 N–H and O–H groups in total. The molecule has 140 valence electrons. The number of hydrogen-bond acceptors (Lipinski definition) is 7. The molecule has 0 amide bonds. The van der Waals surface area contributed by atoms with Crippen molar-refractivity contribution >= 4 is 17.3 Å². The third kappa shape index (κ3) is 3.34. The molecular formula is C20H16N4O3S. The lowest BCUT2D eigenvalue weighted by Gasteiger charge is -2.06. The number of ether oxygens (including phenoxy) is 1. The summed E-state index contributed by atoms with van der Waals surface area (Å²) in [6, 6.07) is 15.2. The lowest BCUT2D eigenvalue weighted by atomic mass is 10.2. The van der Waals surface area contributed by atoms with Crippen molar-refractivity contribution in [3.05, 3.63) is 71.2 Å². The van der Waals surface area contributed by atoms with E-state index in [1.807, 2.05) is 53.9 Å². The van der Waals surface area contributed by atoms with Gasteiger partial charge in [0.2, 0.25) is 5.82 Å². The molecule has 3 heterocycles. The van der Waals surface area contributed by atoms with Crippen molar-refractivity contribution in [1.29, 1.82) is 0 Å². The van der Waals surface area contributed by atoms with Gasteiger partial charge < -0.3 is 9.26 Å². The topological polar surface area (TPSA) is 83.0 Å². The normalized spacial score (nSPS) is 13.6. The van der Waals surface area contributed by atoms with Gasteiger partial charge in [-0.15, -0.1) is 11.3 Å². The fourth-order valence-corrected chi connectivity index (χ4v) is 3.56. The lowest BCUT2D eigenvalue weighted by molar-refractivity contribution is 0.0419. The maximum absolute atomic E-state index is 12.7. The van der Waals surface area contributed by atoms with E-state index >= 15 is 0 Å². The molecule has 7 nitrogen and oxygen atoms in total. The third-order valence-corrected chi connectivity index (χ3v) is 5.34. The number of esters is 1. The highest BCUT2D eigenvalue weighted by molar-refractivity contribution is 7.13. The van der Waals surface area contributed by atoms with E-state index in [2.05, 4.69) is 15.2 Å². The summed E-state index contributed by atoms with van der Waals surface area (Å²) >= 11 is 1.52. The van der Waals surface area contributed by atoms with Crippen LogP contribution in [0.25, 0.3) is 16.4 Å². The Morgan fingerprint density at radius 2 is 2.07 bits per heavy atom. The molecule has 0 aliphatic heterocycles. The third-order valence-electron chi connectivity index (χ3n) is 4.47. The maximum atomic E-state index is 12.7. The second-order valence-electron chi connectivity index (χ2n) is 6.54. The molecule has 1 saturated carbocycles. The Bertz CT molecular complexity index is 1100. The largest absolute Gasteiger partial charge is 0.451 e. The van der Waals surface area contributed by atoms with Crippen molar-refractivity contribution < 1.29 is 14.1 Å². The van der Waals surface area contributed by atoms with Gasteiger partial charge in [-0.3, -0.25) is 0 Å². The molecule has 1 aliphatic carbocycles. The molecule has 0 unspecified atom stereocenters. The van der Waals surface area contributed by atoms with E-state index in [1.54, 1.807) is 4.68 Å². The molecule has 4 aromatic rings. The second-order valence-corrected chi connectivity index (χ2v) is 7.49. The minimum absolute atomic E-state index is 0.0874. The van der Waals surface area contributed by atoms with Crippen LogP contribution in [0.2, 0.25) is 0 Å². The van der Waals surface area contributed by atoms with Crippen LogP contribution in [0.3, 0.4) is 0 Å². The molecule has 1 fully saturated rings. The maximum Gasteiger partial charge on any atom is 0.357 e. The van der Waals surface area contributed by atoms with E-state index in [-0.39, 0.29) is 12.5 Å². The minimum atomic E-state index is -0.473. The monoisotopic (exact) mass is 392 g/mol. The van der Waals surface area contributed by atoms with Crippen molar-refractivity contribution in [3.63, 3.8) is 0 Å². The quantitative estimate of drug-likeness (QED) is 0.457. The van der Waals surface area contributed by atoms with Gasteiger partial charge in [0, 0.05) is 5.92 Å². The van der Waals surface area contributed by atoms with Gasteiger partial charge in [-0.25, -0.2) is 9.48 Å². The molecule has 0 saturated heterocycles. The molecule has 0 bridgehead atoms. The zero-order valence-electron chi connectivity index (χ0n) is 14.8. The van der Waals surface area contributed by atoms with Crippen LogP contribution < -0.4 is 0 Å². The average Bonchev–Trinajstić information content (AvgIpc) is 3.16. The summed E-state index contributed by atoms with van der Waals surface area (Å²) in [4.78, 5) is 17.9. The number of para-hydroxylation sites is 1. The summed E-state index contributed by atoms with van der Waals surface area (Å²) in [5, 5.41) is 10.5. The molecule has 0 spiro atoms. The standard InChI is InChI=1S/C20H16N4O3S/c25-20(26-12-18-21-19(23-27-18)17-7-4-10-28-17)16-11-15(13-8-9-13)22-24(16)14-5-2-1-3-6-14/h1-7,10-11,13H,8-9,12H2. The molecular weight excluding hydrogens is 376 g/mol. The first kappa shape index (κ1) is 16.9. The summed E-state index contributed by atoms with van der Waals surface area (Å²) in [5.41, 5.74) is 2.14. The molecule has 3 aromatic heterocycles. The van der Waals surface area contributed by atoms with Crippen LogP contribution in [0.15, 0.2) is 58.4 Å². The van der Waals surface area contributed by atoms with E-state index in [0.29, 0.717) is 17.4 Å². The number of carbonyl (C=O) groups excluding carboxylic acids is 1. The number of carbonyl (C=O) groups is 1. The highest BCUT2D eigenvalue weighted by Gasteiger charge is 2.29. The van der Waals surface area contributed by atoms with E-state index in [9.17, 15) is 4.79 Å². The molecule has 1 aliphatic rings. The first-order valence-corrected chi connectivity index (χ1v) is 9.85. The highest BCUT2D eigenvalue weighted by atomic mass is 32.1. The Labute approximate surface area is 164 Å². The molecule has 5 rings (SSSR count). The Morgan fingerprint density at radius 1 is 1.21 bits per heavy atom. The molecule has 1 aromatic carbocycles. The fourth-order valence-electron chi connectivity index (χ4n) is 2.91. The molecule has 0 atom stereocenters. The van der Waals surface area contributed by atoms with Crippen molar-refractivity contribution in [2.24, 2.45) is 0 Å². The molecule has 8 heteroatoms. The first-order valence-electron chi connectivity index (χ1n) is 8.97. The van der Waals surface area contributed by atoms with Crippen molar-refractivity contribution in [2.45, 2.75) is 25.4 Å². The van der Waals surface area contributed by atoms with Gasteiger partial charge in [0.05, 0.1) is 16.3 Å². The van der Waals surface area contributed by atoms with Crippen LogP contribution in [0.4, 0.5) is 0 Å². The molecule has 0 radical (unpaired) electrons. The van der Waals surface area contributed by atoms with E-state index in [0.717, 1.165) is 29.1 Å². The lowest BCUT2D eigenvalue weighted by Crippen LogP contribution is -2.12. The Kier molecular flexibility index (Phi) is 4.25. The van der Waals surface area contributed by atoms with E-state index < -0.39 is 5.97 Å². The van der Waals surface area contributed by atoms with E-state index in [1.165, 1.54) is 11.3 Å². The SMILES string of the molecule is O=C(OCc1nc(-c2cccs2)no1)c1cc(C2CC2)nn1-c1ccccc1. The van der Waals surface area contributed by atoms with Crippen molar-refractivity contribution in [1.82, 2.24) is 19.9 Å². The van der Waals surface area contributed by atoms with Crippen LogP contribution in [-0.2, 0) is 11.3 Å².